The fraction of sp³-hybridized carbons (Fsp3) is 0.643. The molecular formula is C14H22ClN3. The number of hydrogen-bond acceptors (Lipinski definition) is 3. The Bertz CT molecular complexity index is 364. The van der Waals surface area contributed by atoms with Gasteiger partial charge >= 0.3 is 0 Å². The molecule has 1 saturated heterocycles. The number of nitrogens with zero attached hydrogens (tertiary/aromatic N) is 3. The zero-order valence-corrected chi connectivity index (χ0v) is 12.1. The molecule has 1 fully saturated rings. The van der Waals surface area contributed by atoms with E-state index in [2.05, 4.69) is 35.8 Å². The molecule has 0 aromatic carbocycles. The summed E-state index contributed by atoms with van der Waals surface area (Å²) in [6, 6.07) is 4.24. The number of likely N-dealkylation sites (N-methyl/N-ethyl adjacent to an activating group) is 1. The van der Waals surface area contributed by atoms with Crippen molar-refractivity contribution >= 4 is 17.4 Å². The summed E-state index contributed by atoms with van der Waals surface area (Å²) in [4.78, 5) is 9.57. The van der Waals surface area contributed by atoms with Crippen LogP contribution in [0, 0.1) is 0 Å². The molecule has 0 atom stereocenters. The summed E-state index contributed by atoms with van der Waals surface area (Å²) in [5.74, 6) is 1.66. The van der Waals surface area contributed by atoms with E-state index in [9.17, 15) is 0 Å². The molecule has 0 N–H and O–H groups in total. The lowest BCUT2D eigenvalue weighted by Gasteiger charge is -2.35. The molecule has 0 aliphatic carbocycles. The molecule has 4 heteroatoms. The summed E-state index contributed by atoms with van der Waals surface area (Å²) in [6.07, 6.45) is 0.965. The zero-order valence-electron chi connectivity index (χ0n) is 11.3. The second kappa shape index (κ2) is 6.39. The third-order valence-corrected chi connectivity index (χ3v) is 3.89. The predicted octanol–water partition coefficient (Wildman–Crippen LogP) is 2.52. The van der Waals surface area contributed by atoms with Crippen LogP contribution in [0.25, 0.3) is 0 Å². The van der Waals surface area contributed by atoms with Gasteiger partial charge in [0.15, 0.2) is 0 Å². The maximum atomic E-state index is 5.96. The van der Waals surface area contributed by atoms with Gasteiger partial charge in [-0.15, -0.1) is 11.6 Å². The Morgan fingerprint density at radius 2 is 1.89 bits per heavy atom. The lowest BCUT2D eigenvalue weighted by Crippen LogP contribution is -2.46. The van der Waals surface area contributed by atoms with Gasteiger partial charge < -0.3 is 9.80 Å². The number of rotatable bonds is 4. The first-order valence-corrected chi connectivity index (χ1v) is 7.33. The maximum Gasteiger partial charge on any atom is 0.129 e. The van der Waals surface area contributed by atoms with Crippen molar-refractivity contribution in [2.24, 2.45) is 0 Å². The number of aromatic nitrogens is 1. The van der Waals surface area contributed by atoms with Crippen LogP contribution in [0.4, 0.5) is 5.82 Å². The molecule has 0 bridgehead atoms. The first kappa shape index (κ1) is 13.6. The minimum absolute atomic E-state index is 0.567. The molecule has 1 aromatic heterocycles. The number of halogens is 1. The zero-order chi connectivity index (χ0) is 13.0. The third kappa shape index (κ3) is 3.15. The Balaban J connectivity index is 2.13. The molecule has 0 unspecified atom stereocenters. The van der Waals surface area contributed by atoms with Gasteiger partial charge in [0, 0.05) is 37.8 Å². The van der Waals surface area contributed by atoms with Gasteiger partial charge in [-0.3, -0.25) is 0 Å². The van der Waals surface area contributed by atoms with Gasteiger partial charge in [-0.25, -0.2) is 4.98 Å². The standard InChI is InChI=1S/C14H22ClN3/c1-3-13-9-12(11-15)10-14(16-13)18-7-5-17(4-2)6-8-18/h9-10H,3-8,11H2,1-2H3. The highest BCUT2D eigenvalue weighted by Gasteiger charge is 2.17. The van der Waals surface area contributed by atoms with Crippen LogP contribution >= 0.6 is 11.6 Å². The van der Waals surface area contributed by atoms with E-state index in [0.29, 0.717) is 5.88 Å². The van der Waals surface area contributed by atoms with Crippen molar-refractivity contribution in [2.75, 3.05) is 37.6 Å². The monoisotopic (exact) mass is 267 g/mol. The topological polar surface area (TPSA) is 19.4 Å². The molecule has 1 aromatic rings. The van der Waals surface area contributed by atoms with Crippen LogP contribution in [-0.4, -0.2) is 42.6 Å². The molecule has 3 nitrogen and oxygen atoms in total. The molecule has 2 heterocycles. The van der Waals surface area contributed by atoms with Crippen LogP contribution in [-0.2, 0) is 12.3 Å². The van der Waals surface area contributed by atoms with E-state index in [1.165, 1.54) is 5.56 Å². The van der Waals surface area contributed by atoms with Crippen molar-refractivity contribution in [3.8, 4) is 0 Å². The van der Waals surface area contributed by atoms with Crippen LogP contribution < -0.4 is 4.90 Å². The molecule has 2 rings (SSSR count). The van der Waals surface area contributed by atoms with Crippen molar-refractivity contribution in [1.82, 2.24) is 9.88 Å². The smallest absolute Gasteiger partial charge is 0.129 e. The van der Waals surface area contributed by atoms with E-state index < -0.39 is 0 Å². The third-order valence-electron chi connectivity index (χ3n) is 3.58. The van der Waals surface area contributed by atoms with Gasteiger partial charge in [-0.05, 0) is 30.7 Å². The number of anilines is 1. The minimum Gasteiger partial charge on any atom is -0.354 e. The second-order valence-corrected chi connectivity index (χ2v) is 5.00. The number of piperazine rings is 1. The predicted molar refractivity (Wildman–Crippen MR) is 77.5 cm³/mol. The van der Waals surface area contributed by atoms with Crippen LogP contribution in [0.3, 0.4) is 0 Å². The molecule has 18 heavy (non-hydrogen) atoms. The highest BCUT2D eigenvalue weighted by molar-refractivity contribution is 6.17. The van der Waals surface area contributed by atoms with Gasteiger partial charge in [0.2, 0.25) is 0 Å². The molecule has 0 radical (unpaired) electrons. The fourth-order valence-corrected chi connectivity index (χ4v) is 2.50. The number of alkyl halides is 1. The normalized spacial score (nSPS) is 17.2. The average molecular weight is 268 g/mol. The quantitative estimate of drug-likeness (QED) is 0.782. The highest BCUT2D eigenvalue weighted by Crippen LogP contribution is 2.18. The van der Waals surface area contributed by atoms with Crippen molar-refractivity contribution < 1.29 is 0 Å². The lowest BCUT2D eigenvalue weighted by molar-refractivity contribution is 0.270. The first-order chi connectivity index (χ1) is 8.76. The second-order valence-electron chi connectivity index (χ2n) is 4.73. The van der Waals surface area contributed by atoms with Crippen LogP contribution in [0.2, 0.25) is 0 Å². The Labute approximate surface area is 115 Å². The number of pyridine rings is 1. The van der Waals surface area contributed by atoms with E-state index in [0.717, 1.165) is 50.7 Å². The van der Waals surface area contributed by atoms with Crippen LogP contribution in [0.1, 0.15) is 25.1 Å². The Morgan fingerprint density at radius 1 is 1.17 bits per heavy atom. The molecule has 1 aliphatic rings. The van der Waals surface area contributed by atoms with Gasteiger partial charge in [0.05, 0.1) is 0 Å². The van der Waals surface area contributed by atoms with Crippen molar-refractivity contribution in [1.29, 1.82) is 0 Å². The molecule has 1 aliphatic heterocycles. The first-order valence-electron chi connectivity index (χ1n) is 6.80. The molecule has 0 amide bonds. The summed E-state index contributed by atoms with van der Waals surface area (Å²) in [6.45, 7) is 9.89. The van der Waals surface area contributed by atoms with E-state index in [1.807, 2.05) is 0 Å². The summed E-state index contributed by atoms with van der Waals surface area (Å²) in [5.41, 5.74) is 2.32. The summed E-state index contributed by atoms with van der Waals surface area (Å²) in [7, 11) is 0. The van der Waals surface area contributed by atoms with E-state index in [-0.39, 0.29) is 0 Å². The SMILES string of the molecule is CCc1cc(CCl)cc(N2CCN(CC)CC2)n1. The Morgan fingerprint density at radius 3 is 2.44 bits per heavy atom. The van der Waals surface area contributed by atoms with Gasteiger partial charge in [-0.1, -0.05) is 13.8 Å². The Kier molecular flexibility index (Phi) is 4.84. The van der Waals surface area contributed by atoms with E-state index in [1.54, 1.807) is 0 Å². The van der Waals surface area contributed by atoms with Crippen molar-refractivity contribution in [2.45, 2.75) is 26.1 Å². The number of hydrogen-bond donors (Lipinski definition) is 0. The summed E-state index contributed by atoms with van der Waals surface area (Å²) >= 11 is 5.96. The Hall–Kier alpha value is -0.800. The minimum atomic E-state index is 0.567. The van der Waals surface area contributed by atoms with Crippen LogP contribution in [0.5, 0.6) is 0 Å². The molecule has 0 spiro atoms. The average Bonchev–Trinajstić information content (AvgIpc) is 2.46. The van der Waals surface area contributed by atoms with Gasteiger partial charge in [0.1, 0.15) is 5.82 Å². The van der Waals surface area contributed by atoms with Crippen molar-refractivity contribution in [3.05, 3.63) is 23.4 Å². The maximum absolute atomic E-state index is 5.96. The summed E-state index contributed by atoms with van der Waals surface area (Å²) < 4.78 is 0. The van der Waals surface area contributed by atoms with E-state index >= 15 is 0 Å². The highest BCUT2D eigenvalue weighted by atomic mass is 35.5. The van der Waals surface area contributed by atoms with Crippen molar-refractivity contribution in [3.63, 3.8) is 0 Å². The van der Waals surface area contributed by atoms with Gasteiger partial charge in [0.25, 0.3) is 0 Å². The fourth-order valence-electron chi connectivity index (χ4n) is 2.35. The lowest BCUT2D eigenvalue weighted by atomic mass is 10.2. The van der Waals surface area contributed by atoms with Crippen LogP contribution in [0.15, 0.2) is 12.1 Å². The molecule has 100 valence electrons. The van der Waals surface area contributed by atoms with Gasteiger partial charge in [-0.2, -0.15) is 0 Å². The summed E-state index contributed by atoms with van der Waals surface area (Å²) in [5, 5.41) is 0. The largest absolute Gasteiger partial charge is 0.354 e. The molecule has 0 saturated carbocycles. The molecular weight excluding hydrogens is 246 g/mol. The van der Waals surface area contributed by atoms with E-state index in [4.69, 9.17) is 16.6 Å². The number of aryl methyl sites for hydroxylation is 1.